The van der Waals surface area contributed by atoms with Crippen LogP contribution in [-0.2, 0) is 9.81 Å². The molecule has 0 saturated carbocycles. The Labute approximate surface area is 112 Å². The molecule has 1 rings (SSSR count). The molecule has 19 heavy (non-hydrogen) atoms. The fourth-order valence-electron chi connectivity index (χ4n) is 1.34. The van der Waals surface area contributed by atoms with E-state index in [4.69, 9.17) is 19.6 Å². The highest BCUT2D eigenvalue weighted by Gasteiger charge is 2.10. The largest absolute Gasteiger partial charge is 0.508 e. The number of hydrogen-bond acceptors (Lipinski definition) is 5. The minimum atomic E-state index is -2.88. The van der Waals surface area contributed by atoms with Crippen LogP contribution in [0.15, 0.2) is 45.1 Å². The zero-order valence-corrected chi connectivity index (χ0v) is 11.5. The number of benzene rings is 1. The number of hydrogen-bond donors (Lipinski definition) is 5. The summed E-state index contributed by atoms with van der Waals surface area (Å²) >= 11 is 0. The molecule has 0 amide bonds. The molecular weight excluding hydrogens is 265 g/mol. The van der Waals surface area contributed by atoms with E-state index >= 15 is 0 Å². The lowest BCUT2D eigenvalue weighted by molar-refractivity contribution is 0.419. The molecule has 0 aromatic heterocycles. The zero-order chi connectivity index (χ0) is 14.6. The van der Waals surface area contributed by atoms with E-state index < -0.39 is 16.9 Å². The van der Waals surface area contributed by atoms with Crippen LogP contribution in [0, 0.1) is 9.56 Å². The van der Waals surface area contributed by atoms with Crippen molar-refractivity contribution in [1.82, 2.24) is 0 Å². The minimum absolute atomic E-state index is 0.0683. The van der Waals surface area contributed by atoms with Crippen molar-refractivity contribution in [3.8, 4) is 5.75 Å². The quantitative estimate of drug-likeness (QED) is 0.427. The first-order chi connectivity index (χ1) is 8.72. The molecule has 0 unspecified atom stereocenters. The van der Waals surface area contributed by atoms with Crippen molar-refractivity contribution in [3.05, 3.63) is 35.8 Å². The van der Waals surface area contributed by atoms with Crippen molar-refractivity contribution in [2.24, 2.45) is 4.40 Å². The van der Waals surface area contributed by atoms with Gasteiger partial charge in [-0.1, -0.05) is 0 Å². The van der Waals surface area contributed by atoms with Crippen LogP contribution in [0.4, 0.5) is 0 Å². The molecule has 0 fully saturated rings. The molecule has 0 atom stereocenters. The second-order valence-electron chi connectivity index (χ2n) is 4.07. The Hall–Kier alpha value is -1.64. The van der Waals surface area contributed by atoms with Crippen molar-refractivity contribution in [2.45, 2.75) is 18.7 Å². The van der Waals surface area contributed by atoms with Gasteiger partial charge in [0.1, 0.15) is 5.75 Å². The van der Waals surface area contributed by atoms with E-state index in [9.17, 15) is 5.11 Å². The molecule has 1 aromatic rings. The highest BCUT2D eigenvalue weighted by Crippen LogP contribution is 2.18. The topological polar surface area (TPSA) is 121 Å². The van der Waals surface area contributed by atoms with Gasteiger partial charge in [0.25, 0.3) is 0 Å². The Morgan fingerprint density at radius 1 is 1.21 bits per heavy atom. The first kappa shape index (κ1) is 15.4. The summed E-state index contributed by atoms with van der Waals surface area (Å²) < 4.78 is 19.9. The van der Waals surface area contributed by atoms with E-state index in [2.05, 4.69) is 4.40 Å². The van der Waals surface area contributed by atoms with Crippen LogP contribution >= 0.6 is 0 Å². The van der Waals surface area contributed by atoms with E-state index in [0.29, 0.717) is 16.1 Å². The molecule has 0 saturated heterocycles. The summed E-state index contributed by atoms with van der Waals surface area (Å²) in [5, 5.41) is 27.0. The third kappa shape index (κ3) is 4.51. The lowest BCUT2D eigenvalue weighted by Gasteiger charge is -2.07. The van der Waals surface area contributed by atoms with Crippen molar-refractivity contribution in [3.63, 3.8) is 0 Å². The van der Waals surface area contributed by atoms with Crippen LogP contribution < -0.4 is 0 Å². The van der Waals surface area contributed by atoms with Gasteiger partial charge in [0.05, 0.1) is 9.81 Å². The normalized spacial score (nSPS) is 13.5. The number of nitrogens with one attached hydrogen (secondary N) is 2. The summed E-state index contributed by atoms with van der Waals surface area (Å²) in [5.74, 6) is 0.0683. The predicted molar refractivity (Wildman–Crippen MR) is 76.2 cm³/mol. The molecule has 5 N–H and O–H groups in total. The Kier molecular flexibility index (Phi) is 4.87. The molecule has 1 aromatic carbocycles. The van der Waals surface area contributed by atoms with Gasteiger partial charge in [-0.25, -0.2) is 9.56 Å². The van der Waals surface area contributed by atoms with E-state index in [1.807, 2.05) is 0 Å². The van der Waals surface area contributed by atoms with Crippen molar-refractivity contribution < 1.29 is 15.2 Å². The maximum absolute atomic E-state index is 9.17. The molecule has 0 bridgehead atoms. The van der Waals surface area contributed by atoms with Crippen LogP contribution in [0.1, 0.15) is 13.8 Å². The van der Waals surface area contributed by atoms with Gasteiger partial charge in [0, 0.05) is 10.6 Å². The monoisotopic (exact) mass is 281 g/mol. The summed E-state index contributed by atoms with van der Waals surface area (Å²) in [6, 6.07) is 5.78. The molecule has 0 aliphatic heterocycles. The third-order valence-corrected chi connectivity index (χ3v) is 3.82. The van der Waals surface area contributed by atoms with Gasteiger partial charge < -0.3 is 15.2 Å². The summed E-state index contributed by atoms with van der Waals surface area (Å²) in [6.07, 6.45) is 1.43. The molecule has 6 nitrogen and oxygen atoms in total. The molecule has 0 aliphatic rings. The van der Waals surface area contributed by atoms with Gasteiger partial charge >= 0.3 is 7.12 Å². The van der Waals surface area contributed by atoms with Gasteiger partial charge in [0.15, 0.2) is 0 Å². The number of rotatable bonds is 4. The van der Waals surface area contributed by atoms with Gasteiger partial charge in [-0.3, -0.25) is 0 Å². The molecule has 0 aliphatic carbocycles. The smallest absolute Gasteiger partial charge is 0.483 e. The van der Waals surface area contributed by atoms with Crippen LogP contribution in [-0.4, -0.2) is 28.0 Å². The van der Waals surface area contributed by atoms with E-state index in [-0.39, 0.29) is 5.75 Å². The Balaban J connectivity index is 3.09. The molecule has 102 valence electrons. The van der Waals surface area contributed by atoms with Crippen LogP contribution in [0.2, 0.25) is 0 Å². The van der Waals surface area contributed by atoms with Crippen LogP contribution in [0.3, 0.4) is 0 Å². The first-order valence-corrected chi connectivity index (χ1v) is 7.04. The fourth-order valence-corrected chi connectivity index (χ4v) is 2.46. The highest BCUT2D eigenvalue weighted by molar-refractivity contribution is 7.92. The van der Waals surface area contributed by atoms with E-state index in [0.717, 1.165) is 0 Å². The Bertz CT molecular complexity index is 607. The predicted octanol–water partition coefficient (Wildman–Crippen LogP) is 1.76. The lowest BCUT2D eigenvalue weighted by atomic mass is 9.80. The first-order valence-electron chi connectivity index (χ1n) is 5.45. The second kappa shape index (κ2) is 6.00. The zero-order valence-electron chi connectivity index (χ0n) is 10.7. The average molecular weight is 281 g/mol. The van der Waals surface area contributed by atoms with Crippen LogP contribution in [0.5, 0.6) is 5.75 Å². The highest BCUT2D eigenvalue weighted by atomic mass is 32.2. The van der Waals surface area contributed by atoms with E-state index in [1.54, 1.807) is 6.92 Å². The summed E-state index contributed by atoms with van der Waals surface area (Å²) in [7, 11) is -4.45. The summed E-state index contributed by atoms with van der Waals surface area (Å²) in [4.78, 5) is 0.389. The van der Waals surface area contributed by atoms with Crippen molar-refractivity contribution in [1.29, 1.82) is 9.56 Å². The third-order valence-electron chi connectivity index (χ3n) is 2.30. The van der Waals surface area contributed by atoms with Gasteiger partial charge in [-0.15, -0.1) is 0 Å². The molecule has 0 spiro atoms. The van der Waals surface area contributed by atoms with Gasteiger partial charge in [0.2, 0.25) is 0 Å². The average Bonchev–Trinajstić information content (AvgIpc) is 2.28. The van der Waals surface area contributed by atoms with Gasteiger partial charge in [-0.05, 0) is 49.7 Å². The standard InChI is InChI=1S/C11H16BN3O3S/c1-8(12(17)18)7-9(2)15-19(13,14)11-5-3-10(16)4-6-11/h3-7,13-14,16-18H,1-2H3/b8-7+,15-9?. The maximum atomic E-state index is 9.17. The maximum Gasteiger partial charge on any atom is 0.483 e. The number of allylic oxidation sites excluding steroid dienone is 2. The fraction of sp³-hybridized carbons (Fsp3) is 0.182. The number of aromatic hydroxyl groups is 1. The van der Waals surface area contributed by atoms with Crippen molar-refractivity contribution >= 4 is 22.6 Å². The number of phenols is 1. The Morgan fingerprint density at radius 2 is 1.74 bits per heavy atom. The summed E-state index contributed by atoms with van der Waals surface area (Å²) in [5.41, 5.74) is 0.667. The number of phenolic OH excluding ortho intramolecular Hbond substituents is 1. The molecule has 0 heterocycles. The summed E-state index contributed by atoms with van der Waals surface area (Å²) in [6.45, 7) is 3.12. The Morgan fingerprint density at radius 3 is 2.21 bits per heavy atom. The number of nitrogens with zero attached hydrogens (tertiary/aromatic N) is 1. The molecule has 8 heteroatoms. The van der Waals surface area contributed by atoms with Gasteiger partial charge in [-0.2, -0.15) is 4.40 Å². The van der Waals surface area contributed by atoms with Crippen molar-refractivity contribution in [2.75, 3.05) is 0 Å². The molecular formula is C11H16BN3O3S. The minimum Gasteiger partial charge on any atom is -0.508 e. The second-order valence-corrected chi connectivity index (χ2v) is 5.88. The van der Waals surface area contributed by atoms with E-state index in [1.165, 1.54) is 37.3 Å². The lowest BCUT2D eigenvalue weighted by Crippen LogP contribution is -2.14. The SMILES string of the molecule is CC(/C=C(\C)B(O)O)=NS(=N)(=N)c1ccc(O)cc1. The van der Waals surface area contributed by atoms with Crippen LogP contribution in [0.25, 0.3) is 0 Å². The molecule has 0 radical (unpaired) electrons.